The van der Waals surface area contributed by atoms with E-state index in [1.54, 1.807) is 18.2 Å². The number of carboxylic acid groups (broad SMARTS) is 2. The number of nitrogens with zero attached hydrogens (tertiary/aromatic N) is 2. The fraction of sp³-hybridized carbons (Fsp3) is 0.379. The van der Waals surface area contributed by atoms with Gasteiger partial charge in [0.05, 0.1) is 29.7 Å². The van der Waals surface area contributed by atoms with Gasteiger partial charge in [-0.25, -0.2) is 9.59 Å². The Balaban J connectivity index is 1.39. The average Bonchev–Trinajstić information content (AvgIpc) is 3.40. The maximum atomic E-state index is 13.5. The molecule has 12 heteroatoms. The van der Waals surface area contributed by atoms with Crippen molar-refractivity contribution in [1.82, 2.24) is 9.80 Å². The van der Waals surface area contributed by atoms with Crippen LogP contribution in [0.15, 0.2) is 59.1 Å². The van der Waals surface area contributed by atoms with Crippen LogP contribution in [0, 0.1) is 11.8 Å². The van der Waals surface area contributed by atoms with Gasteiger partial charge in [-0.2, -0.15) is 0 Å². The van der Waals surface area contributed by atoms with Gasteiger partial charge >= 0.3 is 11.9 Å². The number of aliphatic hydroxyl groups excluding tert-OH is 1. The molecule has 2 aromatic carbocycles. The van der Waals surface area contributed by atoms with Gasteiger partial charge in [0.25, 0.3) is 0 Å². The van der Waals surface area contributed by atoms with Crippen LogP contribution in [0.5, 0.6) is 0 Å². The molecule has 0 unspecified atom stereocenters. The molecule has 3 aliphatic heterocycles. The zero-order valence-corrected chi connectivity index (χ0v) is 23.9. The van der Waals surface area contributed by atoms with E-state index >= 15 is 0 Å². The second kappa shape index (κ2) is 11.5. The zero-order chi connectivity index (χ0) is 29.6. The standard InChI is InChI=1S/C29H30ClN3O7S/c1-14-23-22(15(2)34)27(36)33(23)24(29(39)40)25(14)41-20-11-21(32(13-20)12-16-5-3-7-18(30)9-16)26(35)31-19-8-4-6-17(10-19)28(37)38/h3-10,14-15,20-23,34H,11-13H2,1-2H3,(H,31,35)(H,37,38)(H,39,40)/t14-,15-,20+,21+,22-,23-/m1/s1. The topological polar surface area (TPSA) is 147 Å². The Hall–Kier alpha value is -3.38. The number of hydrogen-bond donors (Lipinski definition) is 4. The Bertz CT molecular complexity index is 1450. The van der Waals surface area contributed by atoms with Gasteiger partial charge < -0.3 is 25.5 Å². The highest BCUT2D eigenvalue weighted by Crippen LogP contribution is 2.52. The molecule has 0 spiro atoms. The largest absolute Gasteiger partial charge is 0.478 e. The molecule has 0 saturated carbocycles. The lowest BCUT2D eigenvalue weighted by atomic mass is 9.79. The van der Waals surface area contributed by atoms with Crippen molar-refractivity contribution in [2.45, 2.75) is 50.3 Å². The van der Waals surface area contributed by atoms with Gasteiger partial charge in [0.1, 0.15) is 5.70 Å². The number of carbonyl (C=O) groups is 4. The number of aliphatic hydroxyl groups is 1. The number of benzene rings is 2. The minimum Gasteiger partial charge on any atom is -0.478 e. The van der Waals surface area contributed by atoms with E-state index in [0.29, 0.717) is 35.1 Å². The SMILES string of the molecule is C[C@@H](O)[C@H]1C(=O)N2C(C(=O)O)=C(S[C@H]3C[C@@H](C(=O)Nc4cccc(C(=O)O)c4)N(Cc4cccc(Cl)c4)C3)[C@H](C)[C@H]12. The number of anilines is 1. The van der Waals surface area contributed by atoms with Crippen molar-refractivity contribution in [1.29, 1.82) is 0 Å². The van der Waals surface area contributed by atoms with E-state index in [2.05, 4.69) is 5.32 Å². The monoisotopic (exact) mass is 599 g/mol. The summed E-state index contributed by atoms with van der Waals surface area (Å²) in [7, 11) is 0. The maximum absolute atomic E-state index is 13.5. The first-order valence-corrected chi connectivity index (χ1v) is 14.5. The van der Waals surface area contributed by atoms with Crippen molar-refractivity contribution in [3.63, 3.8) is 0 Å². The molecule has 2 saturated heterocycles. The fourth-order valence-corrected chi connectivity index (χ4v) is 7.85. The van der Waals surface area contributed by atoms with Crippen molar-refractivity contribution in [3.8, 4) is 0 Å². The minimum atomic E-state index is -1.19. The smallest absolute Gasteiger partial charge is 0.353 e. The number of carbonyl (C=O) groups excluding carboxylic acids is 2. The number of β-lactam (4-membered cyclic amide) rings is 1. The van der Waals surface area contributed by atoms with Gasteiger partial charge in [0.15, 0.2) is 0 Å². The van der Waals surface area contributed by atoms with E-state index in [1.165, 1.54) is 35.7 Å². The van der Waals surface area contributed by atoms with Crippen LogP contribution in [0.4, 0.5) is 5.69 Å². The Kier molecular flexibility index (Phi) is 8.15. The highest BCUT2D eigenvalue weighted by molar-refractivity contribution is 8.03. The molecular formula is C29H30ClN3O7S. The summed E-state index contributed by atoms with van der Waals surface area (Å²) >= 11 is 7.57. The Morgan fingerprint density at radius 3 is 2.51 bits per heavy atom. The van der Waals surface area contributed by atoms with Crippen LogP contribution in [0.3, 0.4) is 0 Å². The zero-order valence-electron chi connectivity index (χ0n) is 22.4. The number of hydrogen-bond acceptors (Lipinski definition) is 7. The third kappa shape index (κ3) is 5.59. The van der Waals surface area contributed by atoms with Crippen LogP contribution in [0.2, 0.25) is 5.02 Å². The summed E-state index contributed by atoms with van der Waals surface area (Å²) in [4.78, 5) is 53.8. The summed E-state index contributed by atoms with van der Waals surface area (Å²) in [6.07, 6.45) is -0.491. The molecule has 3 heterocycles. The van der Waals surface area contributed by atoms with Crippen LogP contribution in [-0.4, -0.2) is 78.9 Å². The Morgan fingerprint density at radius 1 is 1.12 bits per heavy atom. The highest BCUT2D eigenvalue weighted by atomic mass is 35.5. The molecule has 2 fully saturated rings. The molecule has 10 nitrogen and oxygen atoms in total. The molecule has 0 radical (unpaired) electrons. The first-order valence-electron chi connectivity index (χ1n) is 13.2. The number of fused-ring (bicyclic) bond motifs is 1. The number of nitrogens with one attached hydrogen (secondary N) is 1. The molecule has 216 valence electrons. The van der Waals surface area contributed by atoms with Gasteiger partial charge in [-0.05, 0) is 49.2 Å². The molecule has 6 atom stereocenters. The van der Waals surface area contributed by atoms with Crippen LogP contribution < -0.4 is 5.32 Å². The molecule has 0 bridgehead atoms. The molecular weight excluding hydrogens is 570 g/mol. The first kappa shape index (κ1) is 29.1. The number of aliphatic carboxylic acids is 1. The van der Waals surface area contributed by atoms with Crippen molar-refractivity contribution in [2.75, 3.05) is 11.9 Å². The second-order valence-corrected chi connectivity index (χ2v) is 12.5. The number of halogens is 1. The average molecular weight is 600 g/mol. The van der Waals surface area contributed by atoms with E-state index < -0.39 is 36.0 Å². The van der Waals surface area contributed by atoms with Gasteiger partial charge in [-0.1, -0.05) is 36.7 Å². The van der Waals surface area contributed by atoms with Crippen LogP contribution >= 0.6 is 23.4 Å². The normalized spacial score (nSPS) is 26.5. The van der Waals surface area contributed by atoms with Crippen molar-refractivity contribution < 1.29 is 34.5 Å². The van der Waals surface area contributed by atoms with Gasteiger partial charge in [-0.15, -0.1) is 11.8 Å². The van der Waals surface area contributed by atoms with Crippen LogP contribution in [0.25, 0.3) is 0 Å². The highest BCUT2D eigenvalue weighted by Gasteiger charge is 2.60. The second-order valence-electron chi connectivity index (χ2n) is 10.7. The van der Waals surface area contributed by atoms with E-state index in [-0.39, 0.29) is 34.2 Å². The van der Waals surface area contributed by atoms with E-state index in [4.69, 9.17) is 11.6 Å². The maximum Gasteiger partial charge on any atom is 0.353 e. The Labute approximate surface area is 246 Å². The first-order chi connectivity index (χ1) is 19.5. The summed E-state index contributed by atoms with van der Waals surface area (Å²) in [5, 5.41) is 32.7. The fourth-order valence-electron chi connectivity index (χ4n) is 6.08. The third-order valence-electron chi connectivity index (χ3n) is 7.92. The number of aromatic carboxylic acids is 1. The summed E-state index contributed by atoms with van der Waals surface area (Å²) in [6, 6.07) is 12.3. The number of rotatable bonds is 9. The van der Waals surface area contributed by atoms with Crippen LogP contribution in [0.1, 0.15) is 36.2 Å². The predicted molar refractivity (Wildman–Crippen MR) is 153 cm³/mol. The molecule has 4 N–H and O–H groups in total. The van der Waals surface area contributed by atoms with E-state index in [9.17, 15) is 34.5 Å². The lowest BCUT2D eigenvalue weighted by molar-refractivity contribution is -0.163. The molecule has 0 aromatic heterocycles. The lowest BCUT2D eigenvalue weighted by Crippen LogP contribution is -2.63. The summed E-state index contributed by atoms with van der Waals surface area (Å²) in [6.45, 7) is 4.29. The predicted octanol–water partition coefficient (Wildman–Crippen LogP) is 3.51. The molecule has 2 aromatic rings. The Morgan fingerprint density at radius 2 is 1.85 bits per heavy atom. The number of carboxylic acids is 2. The van der Waals surface area contributed by atoms with Crippen LogP contribution in [-0.2, 0) is 20.9 Å². The summed E-state index contributed by atoms with van der Waals surface area (Å²) in [5.41, 5.74) is 1.27. The summed E-state index contributed by atoms with van der Waals surface area (Å²) < 4.78 is 0. The van der Waals surface area contributed by atoms with Gasteiger partial charge in [0.2, 0.25) is 11.8 Å². The van der Waals surface area contributed by atoms with Crippen molar-refractivity contribution in [2.24, 2.45) is 11.8 Å². The third-order valence-corrected chi connectivity index (χ3v) is 9.65. The van der Waals surface area contributed by atoms with E-state index in [0.717, 1.165) is 5.56 Å². The number of amides is 2. The van der Waals surface area contributed by atoms with Gasteiger partial charge in [-0.3, -0.25) is 14.5 Å². The van der Waals surface area contributed by atoms with Gasteiger partial charge in [0, 0.05) is 39.9 Å². The van der Waals surface area contributed by atoms with Crippen molar-refractivity contribution >= 4 is 52.8 Å². The van der Waals surface area contributed by atoms with Crippen molar-refractivity contribution in [3.05, 3.63) is 75.3 Å². The quantitative estimate of drug-likeness (QED) is 0.318. The molecule has 2 amide bonds. The minimum absolute atomic E-state index is 0.0471. The molecule has 5 rings (SSSR count). The molecule has 0 aliphatic carbocycles. The lowest BCUT2D eigenvalue weighted by Gasteiger charge is -2.46. The van der Waals surface area contributed by atoms with E-state index in [1.807, 2.05) is 30.0 Å². The molecule has 41 heavy (non-hydrogen) atoms. The summed E-state index contributed by atoms with van der Waals surface area (Å²) in [5.74, 6) is -3.93. The number of likely N-dealkylation sites (tertiary alicyclic amines) is 1. The molecule has 3 aliphatic rings. The number of thioether (sulfide) groups is 1.